The van der Waals surface area contributed by atoms with Gasteiger partial charge in [-0.1, -0.05) is 292 Å². The van der Waals surface area contributed by atoms with Crippen LogP contribution in [-0.4, -0.2) is 9.13 Å². The molecule has 0 radical (unpaired) electrons. The Hall–Kier alpha value is -14.3. The van der Waals surface area contributed by atoms with Crippen molar-refractivity contribution in [3.63, 3.8) is 0 Å². The fourth-order valence-electron chi connectivity index (χ4n) is 21.2. The van der Waals surface area contributed by atoms with Crippen LogP contribution in [0.15, 0.2) is 388 Å². The van der Waals surface area contributed by atoms with E-state index in [1.165, 1.54) is 182 Å². The average Bonchev–Trinajstić information content (AvgIpc) is 1.55. The highest BCUT2D eigenvalue weighted by Crippen LogP contribution is 2.57. The Morgan fingerprint density at radius 2 is 0.500 bits per heavy atom. The monoisotopic (exact) mass is 1540 g/mol. The number of rotatable bonds is 10. The molecule has 0 fully saturated rings. The van der Waals surface area contributed by atoms with E-state index in [4.69, 9.17) is 0 Å². The van der Waals surface area contributed by atoms with Crippen LogP contribution in [0.25, 0.3) is 143 Å². The zero-order valence-corrected chi connectivity index (χ0v) is 68.7. The van der Waals surface area contributed by atoms with E-state index in [0.29, 0.717) is 0 Å². The molecule has 0 spiro atoms. The van der Waals surface area contributed by atoms with E-state index in [1.54, 1.807) is 0 Å². The molecule has 0 bridgehead atoms. The Labute approximate surface area is 701 Å². The first-order chi connectivity index (χ1) is 58.5. The summed E-state index contributed by atoms with van der Waals surface area (Å²) in [7, 11) is 0. The normalized spacial score (nSPS) is 14.3. The molecule has 0 saturated heterocycles. The number of fused-ring (bicyclic) bond motifs is 20. The fraction of sp³-hybridized carbons (Fsp3) is 0.103. The maximum Gasteiger partial charge on any atom is 0.0547 e. The number of benzene rings is 18. The molecule has 4 aliphatic rings. The quantitative estimate of drug-likeness (QED) is 0.136. The second-order valence-electron chi connectivity index (χ2n) is 35.6. The largest absolute Gasteiger partial charge is 0.310 e. The highest BCUT2D eigenvalue weighted by Gasteiger charge is 2.41. The van der Waals surface area contributed by atoms with Crippen LogP contribution in [0.3, 0.4) is 0 Å². The Morgan fingerprint density at radius 1 is 0.175 bits per heavy atom. The summed E-state index contributed by atoms with van der Waals surface area (Å²) in [5, 5.41) is 10.3. The van der Waals surface area contributed by atoms with Gasteiger partial charge in [0.2, 0.25) is 0 Å². The number of hydrogen-bond donors (Lipinski definition) is 0. The van der Waals surface area contributed by atoms with Crippen LogP contribution in [0.4, 0.5) is 34.1 Å². The van der Waals surface area contributed by atoms with Crippen molar-refractivity contribution < 1.29 is 0 Å². The third kappa shape index (κ3) is 10.8. The molecule has 2 heterocycles. The predicted molar refractivity (Wildman–Crippen MR) is 507 cm³/mol. The van der Waals surface area contributed by atoms with Crippen molar-refractivity contribution in [2.75, 3.05) is 9.80 Å². The molecule has 4 aliphatic carbocycles. The van der Waals surface area contributed by atoms with E-state index < -0.39 is 0 Å². The van der Waals surface area contributed by atoms with E-state index in [0.717, 1.165) is 39.8 Å². The van der Waals surface area contributed by atoms with Gasteiger partial charge in [0, 0.05) is 88.7 Å². The molecule has 0 atom stereocenters. The van der Waals surface area contributed by atoms with Crippen LogP contribution in [-0.2, 0) is 21.7 Å². The molecule has 572 valence electrons. The Morgan fingerprint density at radius 3 is 1.02 bits per heavy atom. The Balaban J connectivity index is 0.000000140. The van der Waals surface area contributed by atoms with Crippen molar-refractivity contribution in [1.82, 2.24) is 9.13 Å². The van der Waals surface area contributed by atoms with Crippen molar-refractivity contribution in [2.24, 2.45) is 0 Å². The lowest BCUT2D eigenvalue weighted by atomic mass is 9.81. The second kappa shape index (κ2) is 26.6. The summed E-state index contributed by atoms with van der Waals surface area (Å²) in [6.07, 6.45) is 0. The van der Waals surface area contributed by atoms with Gasteiger partial charge in [0.1, 0.15) is 0 Å². The van der Waals surface area contributed by atoms with Gasteiger partial charge < -0.3 is 18.9 Å². The highest BCUT2D eigenvalue weighted by atomic mass is 15.1. The first kappa shape index (κ1) is 71.0. The first-order valence-corrected chi connectivity index (χ1v) is 42.3. The van der Waals surface area contributed by atoms with E-state index in [2.05, 4.69) is 463 Å². The maximum atomic E-state index is 2.50. The average molecular weight is 1540 g/mol. The highest BCUT2D eigenvalue weighted by molar-refractivity contribution is 6.13. The van der Waals surface area contributed by atoms with Gasteiger partial charge in [0.15, 0.2) is 0 Å². The van der Waals surface area contributed by atoms with E-state index in [-0.39, 0.29) is 21.7 Å². The number of nitrogens with zero attached hydrogens (tertiary/aromatic N) is 4. The van der Waals surface area contributed by atoms with Crippen LogP contribution in [0.1, 0.15) is 99.9 Å². The number of para-hydroxylation sites is 4. The molecule has 4 heteroatoms. The summed E-state index contributed by atoms with van der Waals surface area (Å²) in [6.45, 7) is 19.0. The minimum atomic E-state index is -0.220. The Bertz CT molecular complexity index is 7620. The van der Waals surface area contributed by atoms with E-state index in [9.17, 15) is 0 Å². The smallest absolute Gasteiger partial charge is 0.0547 e. The maximum absolute atomic E-state index is 2.50. The molecular formula is C116H88N4. The van der Waals surface area contributed by atoms with Gasteiger partial charge in [-0.3, -0.25) is 0 Å². The molecule has 120 heavy (non-hydrogen) atoms. The van der Waals surface area contributed by atoms with Crippen molar-refractivity contribution in [1.29, 1.82) is 0 Å². The summed E-state index contributed by atoms with van der Waals surface area (Å²) >= 11 is 0. The lowest BCUT2D eigenvalue weighted by Crippen LogP contribution is -2.17. The molecule has 0 N–H and O–H groups in total. The first-order valence-electron chi connectivity index (χ1n) is 42.3. The molecule has 4 nitrogen and oxygen atoms in total. The minimum Gasteiger partial charge on any atom is -0.310 e. The lowest BCUT2D eigenvalue weighted by Gasteiger charge is -2.28. The van der Waals surface area contributed by atoms with Gasteiger partial charge in [-0.15, -0.1) is 0 Å². The molecule has 2 aromatic heterocycles. The van der Waals surface area contributed by atoms with Gasteiger partial charge in [-0.2, -0.15) is 0 Å². The van der Waals surface area contributed by atoms with Gasteiger partial charge in [0.25, 0.3) is 0 Å². The van der Waals surface area contributed by atoms with Gasteiger partial charge in [0.05, 0.1) is 22.1 Å². The molecule has 18 aromatic carbocycles. The molecule has 20 aromatic rings. The predicted octanol–water partition coefficient (Wildman–Crippen LogP) is 31.4. The van der Waals surface area contributed by atoms with Crippen molar-refractivity contribution >= 4 is 99.3 Å². The topological polar surface area (TPSA) is 16.3 Å². The van der Waals surface area contributed by atoms with Crippen molar-refractivity contribution in [3.05, 3.63) is 433 Å². The number of aromatic nitrogens is 2. The zero-order valence-electron chi connectivity index (χ0n) is 68.7. The molecule has 0 saturated carbocycles. The van der Waals surface area contributed by atoms with Crippen molar-refractivity contribution in [2.45, 2.75) is 77.0 Å². The summed E-state index contributed by atoms with van der Waals surface area (Å²) in [6, 6.07) is 144. The molecule has 0 amide bonds. The van der Waals surface area contributed by atoms with Gasteiger partial charge in [-0.05, 0) is 284 Å². The molecular weight excluding hydrogens is 1450 g/mol. The van der Waals surface area contributed by atoms with E-state index >= 15 is 0 Å². The summed E-state index contributed by atoms with van der Waals surface area (Å²) in [4.78, 5) is 4.78. The van der Waals surface area contributed by atoms with E-state index in [1.807, 2.05) is 0 Å². The van der Waals surface area contributed by atoms with Gasteiger partial charge >= 0.3 is 0 Å². The van der Waals surface area contributed by atoms with Crippen LogP contribution in [0.5, 0.6) is 0 Å². The SMILES string of the molecule is CC1(C)c2cc(N(c3ccccc3)c3ccc(-c4ccc(-n5c6ccccc6c6cc7c(cc65)-c5ccccc5C7(C)C)cc4)cc3)ccc2-c2cc3ccccc3cc21.CC1(C)c2cc(N(c3ccccc3)c3ccc(-c4ccc5ccccc5c4)cc3)ccc2-c2ccc(-n3c4ccccc4c4cc5c(cc43)-c3ccccc3C5(C)C)cc21. The Kier molecular flexibility index (Phi) is 15.7. The van der Waals surface area contributed by atoms with Crippen molar-refractivity contribution in [3.8, 4) is 78.1 Å². The van der Waals surface area contributed by atoms with Crippen LogP contribution in [0.2, 0.25) is 0 Å². The number of anilines is 6. The second-order valence-corrected chi connectivity index (χ2v) is 35.6. The summed E-state index contributed by atoms with van der Waals surface area (Å²) in [5.41, 5.74) is 40.3. The lowest BCUT2D eigenvalue weighted by molar-refractivity contribution is 0.660. The third-order valence-electron chi connectivity index (χ3n) is 27.5. The zero-order chi connectivity index (χ0) is 80.7. The fourth-order valence-corrected chi connectivity index (χ4v) is 21.2. The van der Waals surface area contributed by atoms with Gasteiger partial charge in [-0.25, -0.2) is 0 Å². The van der Waals surface area contributed by atoms with Crippen LogP contribution >= 0.6 is 0 Å². The third-order valence-corrected chi connectivity index (χ3v) is 27.5. The van der Waals surface area contributed by atoms with Crippen LogP contribution in [0, 0.1) is 0 Å². The number of hydrogen-bond acceptors (Lipinski definition) is 2. The summed E-state index contributed by atoms with van der Waals surface area (Å²) < 4.78 is 4.95. The molecule has 0 aliphatic heterocycles. The molecule has 24 rings (SSSR count). The minimum absolute atomic E-state index is 0.0425. The van der Waals surface area contributed by atoms with Crippen LogP contribution < -0.4 is 9.80 Å². The standard InChI is InChI=1S/2C58H44N2/c1-57(2)51-20-12-10-18-45(51)49-36-56-50(35-54(49)57)47-19-11-13-21-55(47)60(56)43-28-24-38(25-29-43)37-22-26-42(27-23-37)59(41-16-6-5-7-17-41)44-30-31-46-48-32-39-14-8-9-15-40(39)33-52(48)58(3,4)53(46)34-44;1-57(2)51-20-12-10-18-45(51)49-36-56-50(35-54(49)57)48-19-11-13-21-55(48)60(56)44-29-31-47-46-30-28-43(33-52(46)58(3,4)53(47)34-44)59(41-16-6-5-7-17-41)42-26-24-38(25-27-42)40-23-22-37-14-8-9-15-39(37)32-40/h2*5-36H,1-4H3. The summed E-state index contributed by atoms with van der Waals surface area (Å²) in [5.74, 6) is 0. The molecule has 0 unspecified atom stereocenters.